The van der Waals surface area contributed by atoms with Gasteiger partial charge >= 0.3 is 0 Å². The lowest BCUT2D eigenvalue weighted by Crippen LogP contribution is -2.24. The molecule has 0 saturated heterocycles. The second-order valence-electron chi connectivity index (χ2n) is 5.12. The Morgan fingerprint density at radius 2 is 1.96 bits per heavy atom. The first-order valence-electron chi connectivity index (χ1n) is 7.24. The van der Waals surface area contributed by atoms with Gasteiger partial charge in [-0.25, -0.2) is 5.43 Å². The minimum atomic E-state index is -0.289. The largest absolute Gasteiger partial charge is 0.483 e. The average molecular weight is 328 g/mol. The van der Waals surface area contributed by atoms with Gasteiger partial charge in [0.25, 0.3) is 5.91 Å². The molecule has 0 unspecified atom stereocenters. The highest BCUT2D eigenvalue weighted by Gasteiger charge is 2.04. The van der Waals surface area contributed by atoms with Gasteiger partial charge in [-0.15, -0.1) is 11.8 Å². The van der Waals surface area contributed by atoms with Crippen LogP contribution in [0, 0.1) is 13.8 Å². The fourth-order valence-corrected chi connectivity index (χ4v) is 2.32. The van der Waals surface area contributed by atoms with Crippen molar-refractivity contribution in [2.75, 3.05) is 12.9 Å². The van der Waals surface area contributed by atoms with Crippen molar-refractivity contribution >= 4 is 23.9 Å². The Labute approximate surface area is 140 Å². The Balaban J connectivity index is 1.82. The molecule has 0 radical (unpaired) electrons. The molecule has 0 fully saturated rings. The summed E-state index contributed by atoms with van der Waals surface area (Å²) in [5.74, 6) is 0.430. The van der Waals surface area contributed by atoms with E-state index in [9.17, 15) is 4.79 Å². The third-order valence-electron chi connectivity index (χ3n) is 3.22. The topological polar surface area (TPSA) is 50.7 Å². The predicted molar refractivity (Wildman–Crippen MR) is 95.4 cm³/mol. The zero-order valence-electron chi connectivity index (χ0n) is 13.5. The van der Waals surface area contributed by atoms with Gasteiger partial charge in [0, 0.05) is 4.90 Å². The monoisotopic (exact) mass is 328 g/mol. The minimum absolute atomic E-state index is 0.0625. The van der Waals surface area contributed by atoms with Crippen molar-refractivity contribution in [3.8, 4) is 5.75 Å². The number of benzene rings is 2. The normalized spacial score (nSPS) is 10.7. The molecule has 120 valence electrons. The van der Waals surface area contributed by atoms with Gasteiger partial charge in [0.05, 0.1) is 6.21 Å². The summed E-state index contributed by atoms with van der Waals surface area (Å²) in [5, 5.41) is 3.94. The summed E-state index contributed by atoms with van der Waals surface area (Å²) < 4.78 is 5.52. The van der Waals surface area contributed by atoms with E-state index in [4.69, 9.17) is 4.74 Å². The number of hydrogen-bond donors (Lipinski definition) is 1. The van der Waals surface area contributed by atoms with Crippen LogP contribution in [-0.2, 0) is 4.79 Å². The van der Waals surface area contributed by atoms with Crippen molar-refractivity contribution in [2.45, 2.75) is 18.7 Å². The second kappa shape index (κ2) is 8.39. The van der Waals surface area contributed by atoms with E-state index in [0.717, 1.165) is 22.4 Å². The number of aryl methyl sites for hydroxylation is 2. The van der Waals surface area contributed by atoms with Crippen LogP contribution in [-0.4, -0.2) is 25.0 Å². The summed E-state index contributed by atoms with van der Waals surface area (Å²) in [4.78, 5) is 12.9. The van der Waals surface area contributed by atoms with E-state index in [1.165, 1.54) is 4.90 Å². The van der Waals surface area contributed by atoms with Crippen LogP contribution >= 0.6 is 11.8 Å². The van der Waals surface area contributed by atoms with Gasteiger partial charge in [0.2, 0.25) is 0 Å². The van der Waals surface area contributed by atoms with Gasteiger partial charge in [-0.05, 0) is 55.0 Å². The number of ether oxygens (including phenoxy) is 1. The van der Waals surface area contributed by atoms with E-state index in [1.54, 1.807) is 18.0 Å². The molecule has 2 aromatic carbocycles. The van der Waals surface area contributed by atoms with Gasteiger partial charge in [-0.1, -0.05) is 24.3 Å². The van der Waals surface area contributed by atoms with Crippen LogP contribution in [0.15, 0.2) is 52.5 Å². The van der Waals surface area contributed by atoms with Crippen LogP contribution in [0.4, 0.5) is 0 Å². The van der Waals surface area contributed by atoms with Crippen molar-refractivity contribution in [1.29, 1.82) is 0 Å². The minimum Gasteiger partial charge on any atom is -0.483 e. The second-order valence-corrected chi connectivity index (χ2v) is 6.00. The molecule has 0 heterocycles. The van der Waals surface area contributed by atoms with Gasteiger partial charge in [-0.3, -0.25) is 4.79 Å². The summed E-state index contributed by atoms with van der Waals surface area (Å²) in [6.07, 6.45) is 3.64. The van der Waals surface area contributed by atoms with Crippen LogP contribution in [0.5, 0.6) is 5.75 Å². The van der Waals surface area contributed by atoms with E-state index in [-0.39, 0.29) is 12.5 Å². The number of hydrogen-bond acceptors (Lipinski definition) is 4. The van der Waals surface area contributed by atoms with Gasteiger partial charge in [0.1, 0.15) is 5.75 Å². The van der Waals surface area contributed by atoms with Crippen molar-refractivity contribution in [3.05, 3.63) is 59.2 Å². The molecule has 5 heteroatoms. The van der Waals surface area contributed by atoms with E-state index in [2.05, 4.69) is 10.5 Å². The summed E-state index contributed by atoms with van der Waals surface area (Å²) in [7, 11) is 0. The van der Waals surface area contributed by atoms with Crippen LogP contribution in [0.3, 0.4) is 0 Å². The zero-order valence-corrected chi connectivity index (χ0v) is 14.3. The number of amides is 1. The van der Waals surface area contributed by atoms with Crippen LogP contribution in [0.1, 0.15) is 16.7 Å². The molecule has 0 saturated carbocycles. The maximum atomic E-state index is 11.8. The molecule has 0 aliphatic heterocycles. The molecule has 0 bridgehead atoms. The Hall–Kier alpha value is -2.27. The standard InChI is InChI=1S/C18H20N2O2S/c1-13-4-5-14(2)17(10-13)22-12-18(21)20-19-11-15-6-8-16(23-3)9-7-15/h4-11H,12H2,1-3H3,(H,20,21)/b19-11-. The first-order valence-corrected chi connectivity index (χ1v) is 8.47. The first kappa shape index (κ1) is 17.1. The lowest BCUT2D eigenvalue weighted by molar-refractivity contribution is -0.123. The summed E-state index contributed by atoms with van der Waals surface area (Å²) in [6.45, 7) is 3.87. The molecule has 2 aromatic rings. The number of carbonyl (C=O) groups excluding carboxylic acids is 1. The van der Waals surface area contributed by atoms with Crippen molar-refractivity contribution in [2.24, 2.45) is 5.10 Å². The smallest absolute Gasteiger partial charge is 0.277 e. The van der Waals surface area contributed by atoms with Gasteiger partial charge in [0.15, 0.2) is 6.61 Å². The summed E-state index contributed by atoms with van der Waals surface area (Å²) in [6, 6.07) is 13.8. The quantitative estimate of drug-likeness (QED) is 0.501. The molecular formula is C18H20N2O2S. The van der Waals surface area contributed by atoms with Crippen molar-refractivity contribution in [1.82, 2.24) is 5.43 Å². The summed E-state index contributed by atoms with van der Waals surface area (Å²) >= 11 is 1.68. The molecule has 1 N–H and O–H groups in total. The maximum absolute atomic E-state index is 11.8. The molecule has 0 aliphatic rings. The molecule has 0 spiro atoms. The molecule has 0 aliphatic carbocycles. The Bertz CT molecular complexity index is 697. The van der Waals surface area contributed by atoms with E-state index < -0.39 is 0 Å². The number of nitrogens with one attached hydrogen (secondary N) is 1. The van der Waals surface area contributed by atoms with Gasteiger partial charge < -0.3 is 4.74 Å². The Morgan fingerprint density at radius 1 is 1.22 bits per heavy atom. The first-order chi connectivity index (χ1) is 11.1. The molecule has 23 heavy (non-hydrogen) atoms. The predicted octanol–water partition coefficient (Wildman–Crippen LogP) is 3.55. The third kappa shape index (κ3) is 5.45. The fourth-order valence-electron chi connectivity index (χ4n) is 1.91. The van der Waals surface area contributed by atoms with Crippen LogP contribution in [0.2, 0.25) is 0 Å². The van der Waals surface area contributed by atoms with Crippen molar-refractivity contribution in [3.63, 3.8) is 0 Å². The molecule has 2 rings (SSSR count). The van der Waals surface area contributed by atoms with E-state index in [1.807, 2.05) is 62.6 Å². The lowest BCUT2D eigenvalue weighted by atomic mass is 10.1. The maximum Gasteiger partial charge on any atom is 0.277 e. The van der Waals surface area contributed by atoms with E-state index >= 15 is 0 Å². The van der Waals surface area contributed by atoms with Crippen molar-refractivity contribution < 1.29 is 9.53 Å². The number of carbonyl (C=O) groups is 1. The molecule has 0 aromatic heterocycles. The molecule has 1 amide bonds. The summed E-state index contributed by atoms with van der Waals surface area (Å²) in [5.41, 5.74) is 5.49. The average Bonchev–Trinajstić information content (AvgIpc) is 2.56. The molecule has 0 atom stereocenters. The van der Waals surface area contributed by atoms with E-state index in [0.29, 0.717) is 0 Å². The number of hydrazone groups is 1. The number of thioether (sulfide) groups is 1. The zero-order chi connectivity index (χ0) is 16.7. The fraction of sp³-hybridized carbons (Fsp3) is 0.222. The highest BCUT2D eigenvalue weighted by molar-refractivity contribution is 7.98. The van der Waals surface area contributed by atoms with Gasteiger partial charge in [-0.2, -0.15) is 5.10 Å². The molecular weight excluding hydrogens is 308 g/mol. The highest BCUT2D eigenvalue weighted by Crippen LogP contribution is 2.18. The number of rotatable bonds is 6. The Kier molecular flexibility index (Phi) is 6.23. The Morgan fingerprint density at radius 3 is 2.65 bits per heavy atom. The molecule has 4 nitrogen and oxygen atoms in total. The SMILES string of the molecule is CSc1ccc(/C=N\NC(=O)COc2cc(C)ccc2C)cc1. The number of nitrogens with zero attached hydrogens (tertiary/aromatic N) is 1. The highest BCUT2D eigenvalue weighted by atomic mass is 32.2. The lowest BCUT2D eigenvalue weighted by Gasteiger charge is -2.08. The van der Waals surface area contributed by atoms with Crippen LogP contribution < -0.4 is 10.2 Å². The van der Waals surface area contributed by atoms with Crippen LogP contribution in [0.25, 0.3) is 0 Å². The third-order valence-corrected chi connectivity index (χ3v) is 3.96.